The van der Waals surface area contributed by atoms with Crippen molar-refractivity contribution in [3.05, 3.63) is 99.7 Å². The standard InChI is InChI=1S/C21H23I/c1-6-8-9-12-16(3)15-20(22)19(11-7-2)21-17(4)13-10-14-18(21)5/h6-15H,2-3H2,1,4-5H3/b8-6-,12-9-,19-11-,20-15-. The highest BCUT2D eigenvalue weighted by atomic mass is 127. The molecule has 0 nitrogen and oxygen atoms in total. The first-order chi connectivity index (χ1) is 10.5. The van der Waals surface area contributed by atoms with Gasteiger partial charge in [-0.25, -0.2) is 0 Å². The Balaban J connectivity index is 3.25. The lowest BCUT2D eigenvalue weighted by Gasteiger charge is -2.13. The van der Waals surface area contributed by atoms with Crippen LogP contribution in [0, 0.1) is 13.8 Å². The van der Waals surface area contributed by atoms with Gasteiger partial charge >= 0.3 is 0 Å². The lowest BCUT2D eigenvalue weighted by molar-refractivity contribution is 1.34. The fourth-order valence-electron chi connectivity index (χ4n) is 2.22. The number of rotatable bonds is 6. The Morgan fingerprint density at radius 3 is 2.32 bits per heavy atom. The van der Waals surface area contributed by atoms with Gasteiger partial charge in [-0.15, -0.1) is 0 Å². The number of halogens is 1. The fraction of sp³-hybridized carbons (Fsp3) is 0.143. The van der Waals surface area contributed by atoms with E-state index in [-0.39, 0.29) is 0 Å². The largest absolute Gasteiger partial charge is 0.0990 e. The van der Waals surface area contributed by atoms with Crippen LogP contribution in [0.2, 0.25) is 0 Å². The number of hydrogen-bond donors (Lipinski definition) is 0. The maximum Gasteiger partial charge on any atom is 0.0214 e. The van der Waals surface area contributed by atoms with Crippen molar-refractivity contribution in [3.63, 3.8) is 0 Å². The van der Waals surface area contributed by atoms with E-state index in [0.29, 0.717) is 0 Å². The van der Waals surface area contributed by atoms with Gasteiger partial charge in [-0.05, 0) is 77.3 Å². The van der Waals surface area contributed by atoms with Gasteiger partial charge < -0.3 is 0 Å². The van der Waals surface area contributed by atoms with Crippen molar-refractivity contribution in [2.75, 3.05) is 0 Å². The molecular formula is C21H23I. The highest BCUT2D eigenvalue weighted by Gasteiger charge is 2.10. The molecule has 1 heteroatoms. The molecule has 1 rings (SSSR count). The van der Waals surface area contributed by atoms with Crippen molar-refractivity contribution in [2.45, 2.75) is 20.8 Å². The molecule has 0 N–H and O–H groups in total. The molecular weight excluding hydrogens is 379 g/mol. The van der Waals surface area contributed by atoms with Gasteiger partial charge in [0.2, 0.25) is 0 Å². The molecule has 0 unspecified atom stereocenters. The van der Waals surface area contributed by atoms with Crippen LogP contribution in [-0.2, 0) is 0 Å². The minimum Gasteiger partial charge on any atom is -0.0990 e. The highest BCUT2D eigenvalue weighted by molar-refractivity contribution is 14.1. The number of benzene rings is 1. The van der Waals surface area contributed by atoms with E-state index in [1.807, 2.05) is 37.3 Å². The molecule has 0 saturated carbocycles. The Hall–Kier alpha value is -1.61. The first kappa shape index (κ1) is 18.4. The summed E-state index contributed by atoms with van der Waals surface area (Å²) in [6, 6.07) is 6.38. The summed E-state index contributed by atoms with van der Waals surface area (Å²) in [5.74, 6) is 0. The minimum atomic E-state index is 0.976. The summed E-state index contributed by atoms with van der Waals surface area (Å²) in [5.41, 5.74) is 5.97. The Bertz CT molecular complexity index is 647. The van der Waals surface area contributed by atoms with Crippen LogP contribution in [0.25, 0.3) is 5.57 Å². The van der Waals surface area contributed by atoms with E-state index in [2.05, 4.69) is 79.9 Å². The van der Waals surface area contributed by atoms with Crippen LogP contribution in [0.15, 0.2) is 83.0 Å². The molecule has 0 aliphatic heterocycles. The molecule has 0 amide bonds. The van der Waals surface area contributed by atoms with E-state index in [0.717, 1.165) is 9.15 Å². The van der Waals surface area contributed by atoms with Crippen LogP contribution >= 0.6 is 22.6 Å². The van der Waals surface area contributed by atoms with E-state index in [4.69, 9.17) is 0 Å². The normalized spacial score (nSPS) is 13.1. The second kappa shape index (κ2) is 9.42. The van der Waals surface area contributed by atoms with Crippen LogP contribution in [0.1, 0.15) is 23.6 Å². The quantitative estimate of drug-likeness (QED) is 0.359. The highest BCUT2D eigenvalue weighted by Crippen LogP contribution is 2.33. The second-order valence-electron chi connectivity index (χ2n) is 5.03. The summed E-state index contributed by atoms with van der Waals surface area (Å²) in [4.78, 5) is 0. The van der Waals surface area contributed by atoms with Gasteiger partial charge in [0.15, 0.2) is 0 Å². The first-order valence-electron chi connectivity index (χ1n) is 7.26. The zero-order valence-corrected chi connectivity index (χ0v) is 15.7. The fourth-order valence-corrected chi connectivity index (χ4v) is 3.07. The zero-order valence-electron chi connectivity index (χ0n) is 13.6. The van der Waals surface area contributed by atoms with Gasteiger partial charge in [0.1, 0.15) is 0 Å². The number of allylic oxidation sites excluding steroid dienone is 10. The molecule has 0 radical (unpaired) electrons. The van der Waals surface area contributed by atoms with Crippen LogP contribution in [0.4, 0.5) is 0 Å². The lowest BCUT2D eigenvalue weighted by Crippen LogP contribution is -1.93. The molecule has 1 aromatic rings. The van der Waals surface area contributed by atoms with Gasteiger partial charge in [-0.1, -0.05) is 67.8 Å². The maximum absolute atomic E-state index is 4.09. The van der Waals surface area contributed by atoms with E-state index in [1.165, 1.54) is 22.3 Å². The van der Waals surface area contributed by atoms with Crippen LogP contribution in [0.5, 0.6) is 0 Å². The third-order valence-electron chi connectivity index (χ3n) is 3.22. The third kappa shape index (κ3) is 5.30. The Morgan fingerprint density at radius 2 is 1.77 bits per heavy atom. The van der Waals surface area contributed by atoms with Crippen molar-refractivity contribution in [1.82, 2.24) is 0 Å². The predicted octanol–water partition coefficient (Wildman–Crippen LogP) is 6.88. The summed E-state index contributed by atoms with van der Waals surface area (Å²) in [6.45, 7) is 14.2. The van der Waals surface area contributed by atoms with Gasteiger partial charge in [-0.3, -0.25) is 0 Å². The summed E-state index contributed by atoms with van der Waals surface area (Å²) < 4.78 is 1.16. The van der Waals surface area contributed by atoms with Crippen molar-refractivity contribution >= 4 is 28.2 Å². The van der Waals surface area contributed by atoms with E-state index < -0.39 is 0 Å². The van der Waals surface area contributed by atoms with E-state index >= 15 is 0 Å². The molecule has 22 heavy (non-hydrogen) atoms. The SMILES string of the molecule is C=C/C=C(/C(I)=C/C(=C)/C=C\C=C/C)c1c(C)cccc1C. The minimum absolute atomic E-state index is 0.976. The van der Waals surface area contributed by atoms with E-state index in [1.54, 1.807) is 0 Å². The van der Waals surface area contributed by atoms with Crippen LogP contribution < -0.4 is 0 Å². The number of aryl methyl sites for hydroxylation is 2. The predicted molar refractivity (Wildman–Crippen MR) is 109 cm³/mol. The third-order valence-corrected chi connectivity index (χ3v) is 4.11. The summed E-state index contributed by atoms with van der Waals surface area (Å²) >= 11 is 2.37. The monoisotopic (exact) mass is 402 g/mol. The summed E-state index contributed by atoms with van der Waals surface area (Å²) in [5, 5.41) is 0. The van der Waals surface area contributed by atoms with Gasteiger partial charge in [-0.2, -0.15) is 0 Å². The van der Waals surface area contributed by atoms with Crippen molar-refractivity contribution in [2.24, 2.45) is 0 Å². The lowest BCUT2D eigenvalue weighted by atomic mass is 9.94. The average Bonchev–Trinajstić information content (AvgIpc) is 2.46. The Labute approximate surface area is 148 Å². The molecule has 0 heterocycles. The molecule has 0 saturated heterocycles. The Kier molecular flexibility index (Phi) is 7.89. The zero-order chi connectivity index (χ0) is 16.5. The summed E-state index contributed by atoms with van der Waals surface area (Å²) in [6.07, 6.45) is 14.0. The molecule has 0 spiro atoms. The Morgan fingerprint density at radius 1 is 1.14 bits per heavy atom. The van der Waals surface area contributed by atoms with Gasteiger partial charge in [0.25, 0.3) is 0 Å². The molecule has 0 fully saturated rings. The van der Waals surface area contributed by atoms with Crippen LogP contribution in [-0.4, -0.2) is 0 Å². The van der Waals surface area contributed by atoms with Crippen molar-refractivity contribution < 1.29 is 0 Å². The van der Waals surface area contributed by atoms with Crippen molar-refractivity contribution in [3.8, 4) is 0 Å². The smallest absolute Gasteiger partial charge is 0.0214 e. The maximum atomic E-state index is 4.09. The van der Waals surface area contributed by atoms with E-state index in [9.17, 15) is 0 Å². The average molecular weight is 402 g/mol. The molecule has 0 aliphatic carbocycles. The van der Waals surface area contributed by atoms with Gasteiger partial charge in [0.05, 0.1) is 0 Å². The summed E-state index contributed by atoms with van der Waals surface area (Å²) in [7, 11) is 0. The van der Waals surface area contributed by atoms with Gasteiger partial charge in [0, 0.05) is 3.58 Å². The molecule has 1 aromatic carbocycles. The molecule has 114 valence electrons. The molecule has 0 aromatic heterocycles. The molecule has 0 atom stereocenters. The second-order valence-corrected chi connectivity index (χ2v) is 6.20. The van der Waals surface area contributed by atoms with Crippen LogP contribution in [0.3, 0.4) is 0 Å². The first-order valence-corrected chi connectivity index (χ1v) is 8.34. The molecule has 0 aliphatic rings. The van der Waals surface area contributed by atoms with Crippen molar-refractivity contribution in [1.29, 1.82) is 0 Å². The number of hydrogen-bond acceptors (Lipinski definition) is 0. The topological polar surface area (TPSA) is 0 Å². The molecule has 0 bridgehead atoms.